The first-order valence-electron chi connectivity index (χ1n) is 16.9. The Morgan fingerprint density at radius 1 is 0.455 bits per heavy atom. The Morgan fingerprint density at radius 3 is 1.15 bits per heavy atom. The van der Waals surface area contributed by atoms with Gasteiger partial charge in [0.2, 0.25) is 0 Å². The summed E-state index contributed by atoms with van der Waals surface area (Å²) in [5.74, 6) is 1.15. The van der Waals surface area contributed by atoms with E-state index in [1.807, 2.05) is 48.5 Å². The molecule has 0 aliphatic carbocycles. The highest BCUT2D eigenvalue weighted by Gasteiger charge is 2.60. The summed E-state index contributed by atoms with van der Waals surface area (Å²) in [4.78, 5) is 30.4. The van der Waals surface area contributed by atoms with Crippen molar-refractivity contribution in [2.75, 3.05) is 28.2 Å². The number of aliphatic imine (C=N–C) groups is 4. The van der Waals surface area contributed by atoms with Gasteiger partial charge in [-0.15, -0.1) is 0 Å². The largest absolute Gasteiger partial charge is 0.634 e. The fourth-order valence-electron chi connectivity index (χ4n) is 7.02. The third-order valence-electron chi connectivity index (χ3n) is 9.64. The van der Waals surface area contributed by atoms with Gasteiger partial charge in [-0.05, 0) is 0 Å². The average molecular weight is 789 g/mol. The second-order valence-electron chi connectivity index (χ2n) is 13.3. The number of aromatic nitrogens is 2. The van der Waals surface area contributed by atoms with Gasteiger partial charge in [-0.2, -0.15) is 25.4 Å². The highest BCUT2D eigenvalue weighted by atomic mass is 32.2. The van der Waals surface area contributed by atoms with E-state index in [0.717, 1.165) is 8.61 Å². The lowest BCUT2D eigenvalue weighted by Gasteiger charge is -2.33. The summed E-state index contributed by atoms with van der Waals surface area (Å²) in [6.07, 6.45) is 0. The summed E-state index contributed by atoms with van der Waals surface area (Å²) in [5.41, 5.74) is 2.76. The SMILES string of the molecule is CN(C)S(=O)(=O)O[Si]1(OS(=O)(=O)N(C)C)n2c3c4ccccc4c2/N=C2N=C(/N=c4/c5ccccc5/c(n41)=N/C1=NC(=N\3)/c3ccccc31)c1ccccc1\2. The molecule has 10 rings (SSSR count). The second kappa shape index (κ2) is 11.6. The van der Waals surface area contributed by atoms with Gasteiger partial charge in [0.1, 0.15) is 22.6 Å². The molecule has 55 heavy (non-hydrogen) atoms. The molecule has 2 aromatic heterocycles. The fourth-order valence-corrected chi connectivity index (χ4v) is 13.9. The minimum atomic E-state index is -5.54. The van der Waals surface area contributed by atoms with Gasteiger partial charge >= 0.3 is 29.5 Å². The Labute approximate surface area is 315 Å². The molecule has 0 unspecified atom stereocenters. The molecule has 6 heterocycles. The van der Waals surface area contributed by atoms with E-state index in [4.69, 9.17) is 37.7 Å². The molecule has 4 aliphatic rings. The summed E-state index contributed by atoms with van der Waals surface area (Å²) < 4.78 is 75.0. The first-order chi connectivity index (χ1) is 26.4. The summed E-state index contributed by atoms with van der Waals surface area (Å²) >= 11 is 0. The molecule has 0 N–H and O–H groups in total. The van der Waals surface area contributed by atoms with E-state index >= 15 is 0 Å². The molecule has 0 spiro atoms. The number of hydrogen-bond donors (Lipinski definition) is 0. The Morgan fingerprint density at radius 2 is 0.782 bits per heavy atom. The molecular weight excluding hydrogens is 761 g/mol. The van der Waals surface area contributed by atoms with E-state index in [9.17, 15) is 16.8 Å². The molecule has 0 saturated heterocycles. The highest BCUT2D eigenvalue weighted by molar-refractivity contribution is 7.87. The van der Waals surface area contributed by atoms with Crippen LogP contribution in [-0.4, -0.2) is 94.3 Å². The van der Waals surface area contributed by atoms with Crippen LogP contribution in [0.25, 0.3) is 21.5 Å². The first kappa shape index (κ1) is 33.7. The molecule has 4 aliphatic heterocycles. The van der Waals surface area contributed by atoms with Crippen LogP contribution in [0.2, 0.25) is 0 Å². The van der Waals surface area contributed by atoms with Gasteiger partial charge in [0, 0.05) is 72.0 Å². The maximum Gasteiger partial charge on any atom is 0.634 e. The normalized spacial score (nSPS) is 19.7. The van der Waals surface area contributed by atoms with Gasteiger partial charge in [0.25, 0.3) is 0 Å². The van der Waals surface area contributed by atoms with Gasteiger partial charge in [-0.3, -0.25) is 8.47 Å². The number of nitrogens with zero attached hydrogens (tertiary/aromatic N) is 10. The van der Waals surface area contributed by atoms with Crippen LogP contribution >= 0.6 is 0 Å². The molecule has 0 amide bonds. The summed E-state index contributed by atoms with van der Waals surface area (Å²) in [6, 6.07) is 29.1. The van der Waals surface area contributed by atoms with Crippen molar-refractivity contribution in [1.82, 2.24) is 17.1 Å². The third kappa shape index (κ3) is 4.81. The molecule has 274 valence electrons. The number of fused-ring (bicyclic) bond motifs is 14. The van der Waals surface area contributed by atoms with Crippen LogP contribution in [0.15, 0.2) is 127 Å². The molecular formula is C36H28N10O6S2Si. The van der Waals surface area contributed by atoms with Crippen molar-refractivity contribution >= 4 is 86.0 Å². The van der Waals surface area contributed by atoms with Crippen LogP contribution in [-0.2, 0) is 28.4 Å². The molecule has 6 bridgehead atoms. The number of benzene rings is 4. The quantitative estimate of drug-likeness (QED) is 0.234. The molecule has 19 heteroatoms. The highest BCUT2D eigenvalue weighted by Crippen LogP contribution is 2.44. The van der Waals surface area contributed by atoms with Crippen molar-refractivity contribution in [3.63, 3.8) is 0 Å². The average Bonchev–Trinajstić information content (AvgIpc) is 3.87. The van der Waals surface area contributed by atoms with Gasteiger partial charge < -0.3 is 0 Å². The Bertz CT molecular complexity index is 3010. The van der Waals surface area contributed by atoms with Gasteiger partial charge in [-0.25, -0.2) is 37.7 Å². The van der Waals surface area contributed by atoms with E-state index < -0.39 is 29.5 Å². The zero-order valence-electron chi connectivity index (χ0n) is 29.5. The maximum atomic E-state index is 14.4. The van der Waals surface area contributed by atoms with Crippen LogP contribution in [0.3, 0.4) is 0 Å². The molecule has 6 aromatic rings. The maximum absolute atomic E-state index is 14.4. The Kier molecular flexibility index (Phi) is 7.12. The number of amidine groups is 4. The van der Waals surface area contributed by atoms with Crippen molar-refractivity contribution in [3.05, 3.63) is 130 Å². The number of rotatable bonds is 6. The van der Waals surface area contributed by atoms with Crippen LogP contribution < -0.4 is 11.0 Å². The third-order valence-corrected chi connectivity index (χ3v) is 16.8. The van der Waals surface area contributed by atoms with E-state index in [2.05, 4.69) is 0 Å². The van der Waals surface area contributed by atoms with Crippen LogP contribution in [0, 0.1) is 0 Å². The molecule has 0 fully saturated rings. The topological polar surface area (TPSA) is 177 Å². The van der Waals surface area contributed by atoms with Crippen molar-refractivity contribution in [2.45, 2.75) is 0 Å². The predicted molar refractivity (Wildman–Crippen MR) is 208 cm³/mol. The van der Waals surface area contributed by atoms with Crippen molar-refractivity contribution in [1.29, 1.82) is 0 Å². The van der Waals surface area contributed by atoms with E-state index in [1.165, 1.54) is 36.7 Å². The summed E-state index contributed by atoms with van der Waals surface area (Å²) in [6.45, 7) is 0. The van der Waals surface area contributed by atoms with Crippen molar-refractivity contribution < 1.29 is 24.6 Å². The lowest BCUT2D eigenvalue weighted by atomic mass is 10.1. The lowest BCUT2D eigenvalue weighted by molar-refractivity contribution is 0.309. The smallest absolute Gasteiger partial charge is 0.271 e. The van der Waals surface area contributed by atoms with E-state index in [0.29, 0.717) is 43.8 Å². The van der Waals surface area contributed by atoms with Crippen LogP contribution in [0.4, 0.5) is 11.6 Å². The Balaban J connectivity index is 1.57. The van der Waals surface area contributed by atoms with E-state index in [1.54, 1.807) is 48.5 Å². The summed E-state index contributed by atoms with van der Waals surface area (Å²) in [7, 11) is -10.1. The van der Waals surface area contributed by atoms with E-state index in [-0.39, 0.29) is 46.0 Å². The molecule has 4 aromatic carbocycles. The zero-order chi connectivity index (χ0) is 38.0. The lowest BCUT2D eigenvalue weighted by Crippen LogP contribution is -2.66. The van der Waals surface area contributed by atoms with Crippen molar-refractivity contribution in [2.24, 2.45) is 30.0 Å². The second-order valence-corrected chi connectivity index (χ2v) is 19.8. The summed E-state index contributed by atoms with van der Waals surface area (Å²) in [5, 5.41) is 1.92. The van der Waals surface area contributed by atoms with Gasteiger partial charge in [-0.1, -0.05) is 97.1 Å². The van der Waals surface area contributed by atoms with Gasteiger partial charge in [0.05, 0.1) is 0 Å². The first-order valence-corrected chi connectivity index (χ1v) is 21.3. The van der Waals surface area contributed by atoms with Crippen molar-refractivity contribution in [3.8, 4) is 0 Å². The Hall–Kier alpha value is -5.80. The number of hydrogen-bond acceptors (Lipinski definition) is 12. The molecule has 0 saturated carbocycles. The molecule has 0 radical (unpaired) electrons. The predicted octanol–water partition coefficient (Wildman–Crippen LogP) is 3.02. The van der Waals surface area contributed by atoms with Gasteiger partial charge in [0.15, 0.2) is 23.3 Å². The standard InChI is InChI=1S/C36H28N10O6S2Si/c1-43(2)53(47,48)51-55(52-54(49,50)44(3)4)45-33-25-17-9-10-18-26(25)35(45)41-31-23-15-7-8-16-24(23)32(38-31)42-36-28-20-12-11-19-27(28)34(46(36)55)40-30-22-14-6-5-13-21(22)29(37-30)39-33/h5-20H,1-4H3/b39-29-,39-33?,40-30?,40-34-,41-31-,41-35?,42-32?,42-36-. The fraction of sp³-hybridized carbons (Fsp3) is 0.111. The minimum Gasteiger partial charge on any atom is -0.271 e. The minimum absolute atomic E-state index is 0.0759. The van der Waals surface area contributed by atoms with Crippen LogP contribution in [0.1, 0.15) is 22.3 Å². The molecule has 0 atom stereocenters. The molecule has 16 nitrogen and oxygen atoms in total. The monoisotopic (exact) mass is 788 g/mol. The van der Waals surface area contributed by atoms with Crippen LogP contribution in [0.5, 0.6) is 0 Å². The zero-order valence-corrected chi connectivity index (χ0v) is 32.1.